The van der Waals surface area contributed by atoms with E-state index >= 15 is 0 Å². The van der Waals surface area contributed by atoms with Crippen molar-refractivity contribution in [3.63, 3.8) is 0 Å². The van der Waals surface area contributed by atoms with E-state index < -0.39 is 4.92 Å². The summed E-state index contributed by atoms with van der Waals surface area (Å²) in [6.45, 7) is 0. The molecule has 4 nitrogen and oxygen atoms in total. The van der Waals surface area contributed by atoms with Gasteiger partial charge in [0, 0.05) is 5.56 Å². The maximum Gasteiger partial charge on any atom is 0.318 e. The van der Waals surface area contributed by atoms with E-state index in [4.69, 9.17) is 0 Å². The van der Waals surface area contributed by atoms with E-state index in [1.54, 1.807) is 60.7 Å². The molecule has 0 amide bonds. The van der Waals surface area contributed by atoms with Crippen LogP contribution in [-0.4, -0.2) is 10.0 Å². The molecule has 1 N–H and O–H groups in total. The smallest absolute Gasteiger partial charge is 0.318 e. The van der Waals surface area contributed by atoms with Gasteiger partial charge in [0.15, 0.2) is 0 Å². The molecule has 18 heavy (non-hydrogen) atoms. The normalized spacial score (nSPS) is 11.8. The highest BCUT2D eigenvalue weighted by atomic mass is 16.6. The van der Waals surface area contributed by atoms with Crippen molar-refractivity contribution in [1.82, 2.24) is 0 Å². The highest BCUT2D eigenvalue weighted by molar-refractivity contribution is 5.82. The van der Waals surface area contributed by atoms with Crippen LogP contribution in [-0.2, 0) is 0 Å². The molecule has 2 rings (SSSR count). The molecule has 0 saturated carbocycles. The van der Waals surface area contributed by atoms with Gasteiger partial charge in [0.05, 0.1) is 10.5 Å². The summed E-state index contributed by atoms with van der Waals surface area (Å²) in [5.74, 6) is -0.327. The number of rotatable bonds is 3. The highest BCUT2D eigenvalue weighted by Gasteiger charge is 2.21. The first kappa shape index (κ1) is 11.9. The van der Waals surface area contributed by atoms with E-state index in [1.165, 1.54) is 0 Å². The van der Waals surface area contributed by atoms with Crippen molar-refractivity contribution in [1.29, 1.82) is 0 Å². The molecule has 90 valence electrons. The maximum absolute atomic E-state index is 11.1. The van der Waals surface area contributed by atoms with Gasteiger partial charge in [-0.05, 0) is 12.1 Å². The molecule has 0 aliphatic heterocycles. The van der Waals surface area contributed by atoms with Crippen LogP contribution in [0.5, 0.6) is 0 Å². The number of aliphatic hydroxyl groups excluding tert-OH is 1. The van der Waals surface area contributed by atoms with Gasteiger partial charge in [-0.25, -0.2) is 0 Å². The Morgan fingerprint density at radius 3 is 1.78 bits per heavy atom. The molecule has 0 saturated heterocycles. The molecule has 0 aliphatic carbocycles. The molecule has 0 aromatic heterocycles. The van der Waals surface area contributed by atoms with E-state index in [2.05, 4.69) is 0 Å². The van der Waals surface area contributed by atoms with Gasteiger partial charge in [0.25, 0.3) is 0 Å². The third kappa shape index (κ3) is 2.38. The van der Waals surface area contributed by atoms with Crippen molar-refractivity contribution in [2.75, 3.05) is 0 Å². The van der Waals surface area contributed by atoms with Crippen molar-refractivity contribution in [2.45, 2.75) is 0 Å². The number of nitrogens with zero attached hydrogens (tertiary/aromatic N) is 1. The van der Waals surface area contributed by atoms with Crippen molar-refractivity contribution in [3.05, 3.63) is 81.9 Å². The van der Waals surface area contributed by atoms with E-state index in [1.807, 2.05) is 0 Å². The zero-order valence-corrected chi connectivity index (χ0v) is 9.48. The number of hydrogen-bond acceptors (Lipinski definition) is 3. The van der Waals surface area contributed by atoms with Gasteiger partial charge in [-0.15, -0.1) is 0 Å². The van der Waals surface area contributed by atoms with Gasteiger partial charge >= 0.3 is 5.70 Å². The lowest BCUT2D eigenvalue weighted by atomic mass is 10.1. The first-order chi connectivity index (χ1) is 8.70. The average Bonchev–Trinajstić information content (AvgIpc) is 2.40. The third-order valence-corrected chi connectivity index (χ3v) is 2.50. The van der Waals surface area contributed by atoms with Crippen LogP contribution in [0.3, 0.4) is 0 Å². The Balaban J connectivity index is 2.58. The fourth-order valence-electron chi connectivity index (χ4n) is 1.66. The first-order valence-corrected chi connectivity index (χ1v) is 5.38. The summed E-state index contributed by atoms with van der Waals surface area (Å²) >= 11 is 0. The lowest BCUT2D eigenvalue weighted by Crippen LogP contribution is -2.02. The number of aliphatic hydroxyl groups is 1. The molecule has 0 fully saturated rings. The fraction of sp³-hybridized carbons (Fsp3) is 0. The quantitative estimate of drug-likeness (QED) is 0.388. The third-order valence-electron chi connectivity index (χ3n) is 2.50. The van der Waals surface area contributed by atoms with Gasteiger partial charge < -0.3 is 5.11 Å². The van der Waals surface area contributed by atoms with Crippen LogP contribution in [0.1, 0.15) is 11.1 Å². The lowest BCUT2D eigenvalue weighted by Gasteiger charge is -2.03. The highest BCUT2D eigenvalue weighted by Crippen LogP contribution is 2.24. The second-order valence-corrected chi connectivity index (χ2v) is 3.69. The number of benzene rings is 2. The predicted molar refractivity (Wildman–Crippen MR) is 69.3 cm³/mol. The molecule has 0 bridgehead atoms. The monoisotopic (exact) mass is 241 g/mol. The lowest BCUT2D eigenvalue weighted by molar-refractivity contribution is -0.375. The summed E-state index contributed by atoms with van der Waals surface area (Å²) < 4.78 is 0. The fourth-order valence-corrected chi connectivity index (χ4v) is 1.66. The molecule has 0 unspecified atom stereocenters. The Hall–Kier alpha value is -2.62. The van der Waals surface area contributed by atoms with Gasteiger partial charge in [0.1, 0.15) is 0 Å². The number of hydrogen-bond donors (Lipinski definition) is 1. The maximum atomic E-state index is 11.1. The summed E-state index contributed by atoms with van der Waals surface area (Å²) in [6.07, 6.45) is 0. The second kappa shape index (κ2) is 5.14. The SMILES string of the molecule is O=[N+]([O-])C(=C(O)c1ccccc1)c1ccccc1. The summed E-state index contributed by atoms with van der Waals surface area (Å²) in [4.78, 5) is 10.5. The van der Waals surface area contributed by atoms with E-state index in [9.17, 15) is 15.2 Å². The molecule has 2 aromatic rings. The zero-order chi connectivity index (χ0) is 13.0. The summed E-state index contributed by atoms with van der Waals surface area (Å²) in [7, 11) is 0. The van der Waals surface area contributed by atoms with Gasteiger partial charge in [-0.3, -0.25) is 10.1 Å². The summed E-state index contributed by atoms with van der Waals surface area (Å²) in [5, 5.41) is 21.1. The van der Waals surface area contributed by atoms with E-state index in [0.717, 1.165) is 0 Å². The van der Waals surface area contributed by atoms with Gasteiger partial charge in [0.2, 0.25) is 5.76 Å². The van der Waals surface area contributed by atoms with Gasteiger partial charge in [-0.1, -0.05) is 48.5 Å². The van der Waals surface area contributed by atoms with Crippen LogP contribution in [0.4, 0.5) is 0 Å². The Morgan fingerprint density at radius 1 is 0.889 bits per heavy atom. The summed E-state index contributed by atoms with van der Waals surface area (Å²) in [6, 6.07) is 16.8. The molecule has 0 atom stereocenters. The summed E-state index contributed by atoms with van der Waals surface area (Å²) in [5.41, 5.74) is 0.513. The first-order valence-electron chi connectivity index (χ1n) is 5.38. The molecule has 0 aliphatic rings. The predicted octanol–water partition coefficient (Wildman–Crippen LogP) is 3.35. The van der Waals surface area contributed by atoms with Crippen molar-refractivity contribution in [2.24, 2.45) is 0 Å². The van der Waals surface area contributed by atoms with Crippen LogP contribution in [0.2, 0.25) is 0 Å². The Labute approximate surface area is 104 Å². The average molecular weight is 241 g/mol. The Morgan fingerprint density at radius 2 is 1.33 bits per heavy atom. The minimum Gasteiger partial charge on any atom is -0.502 e. The van der Waals surface area contributed by atoms with Crippen LogP contribution < -0.4 is 0 Å². The largest absolute Gasteiger partial charge is 0.502 e. The molecule has 0 spiro atoms. The Bertz CT molecular complexity index is 577. The molecular weight excluding hydrogens is 230 g/mol. The van der Waals surface area contributed by atoms with E-state index in [0.29, 0.717) is 11.1 Å². The Kier molecular flexibility index (Phi) is 3.38. The van der Waals surface area contributed by atoms with Crippen LogP contribution in [0, 0.1) is 10.1 Å². The van der Waals surface area contributed by atoms with Crippen LogP contribution in [0.15, 0.2) is 60.7 Å². The standard InChI is InChI=1S/C14H11NO3/c16-14(12-9-5-2-6-10-12)13(15(17)18)11-7-3-1-4-8-11/h1-10,16H. The topological polar surface area (TPSA) is 63.4 Å². The molecule has 2 aromatic carbocycles. The van der Waals surface area contributed by atoms with Crippen LogP contribution >= 0.6 is 0 Å². The minimum atomic E-state index is -0.572. The number of nitro groups is 1. The van der Waals surface area contributed by atoms with Crippen molar-refractivity contribution < 1.29 is 10.0 Å². The molecule has 0 radical (unpaired) electrons. The van der Waals surface area contributed by atoms with Gasteiger partial charge in [-0.2, -0.15) is 0 Å². The second-order valence-electron chi connectivity index (χ2n) is 3.69. The molecule has 4 heteroatoms. The van der Waals surface area contributed by atoms with E-state index in [-0.39, 0.29) is 11.5 Å². The minimum absolute atomic E-state index is 0.290. The zero-order valence-electron chi connectivity index (χ0n) is 9.48. The molecule has 0 heterocycles. The van der Waals surface area contributed by atoms with Crippen LogP contribution in [0.25, 0.3) is 11.5 Å². The van der Waals surface area contributed by atoms with Crippen molar-refractivity contribution in [3.8, 4) is 0 Å². The van der Waals surface area contributed by atoms with Crippen molar-refractivity contribution >= 4 is 11.5 Å². The molecular formula is C14H11NO3.